The van der Waals surface area contributed by atoms with Crippen LogP contribution in [-0.4, -0.2) is 12.1 Å². The number of furan rings is 1. The minimum atomic E-state index is -0.215. The van der Waals surface area contributed by atoms with Crippen molar-refractivity contribution in [1.82, 2.24) is 0 Å². The average molecular weight is 393 g/mol. The van der Waals surface area contributed by atoms with Gasteiger partial charge in [0.1, 0.15) is 17.9 Å². The van der Waals surface area contributed by atoms with Crippen LogP contribution < -0.4 is 0 Å². The fourth-order valence-electron chi connectivity index (χ4n) is 3.59. The lowest BCUT2D eigenvalue weighted by atomic mass is 10.0. The van der Waals surface area contributed by atoms with Crippen molar-refractivity contribution in [3.63, 3.8) is 0 Å². The van der Waals surface area contributed by atoms with Crippen LogP contribution >= 0.6 is 0 Å². The number of hydrogen-bond donors (Lipinski definition) is 0. The van der Waals surface area contributed by atoms with Gasteiger partial charge in [-0.1, -0.05) is 90.4 Å². The Morgan fingerprint density at radius 3 is 1.75 bits per heavy atom. The number of hydrogen-bond acceptors (Lipinski definition) is 3. The van der Waals surface area contributed by atoms with Gasteiger partial charge >= 0.3 is 5.97 Å². The molecule has 1 aromatic heterocycles. The van der Waals surface area contributed by atoms with Crippen LogP contribution in [0, 0.1) is 0 Å². The topological polar surface area (TPSA) is 39.4 Å². The normalized spacial score (nSPS) is 11.3. The van der Waals surface area contributed by atoms with E-state index < -0.39 is 0 Å². The molecule has 0 aliphatic rings. The monoisotopic (exact) mass is 392 g/mol. The first-order chi connectivity index (χ1) is 13.6. The summed E-state index contributed by atoms with van der Waals surface area (Å²) in [7, 11) is 0. The zero-order valence-electron chi connectivity index (χ0n) is 18.8. The van der Waals surface area contributed by atoms with Gasteiger partial charge in [-0.15, -0.1) is 0 Å². The second-order valence-corrected chi connectivity index (χ2v) is 8.43. The molecule has 0 spiro atoms. The molecular formula is C25H44O3. The average Bonchev–Trinajstić information content (AvgIpc) is 3.08. The molecule has 0 saturated carbocycles. The van der Waals surface area contributed by atoms with Gasteiger partial charge in [0.25, 0.3) is 0 Å². The Balaban J connectivity index is 1.90. The zero-order valence-corrected chi connectivity index (χ0v) is 18.8. The summed E-state index contributed by atoms with van der Waals surface area (Å²) >= 11 is 0. The van der Waals surface area contributed by atoms with E-state index in [-0.39, 0.29) is 18.5 Å². The lowest BCUT2D eigenvalue weighted by molar-refractivity contribution is -0.146. The van der Waals surface area contributed by atoms with E-state index in [1.165, 1.54) is 89.9 Å². The van der Waals surface area contributed by atoms with Crippen molar-refractivity contribution in [2.75, 3.05) is 0 Å². The summed E-state index contributed by atoms with van der Waals surface area (Å²) in [5.41, 5.74) is 0. The van der Waals surface area contributed by atoms with Crippen molar-refractivity contribution in [2.45, 2.75) is 130 Å². The number of ether oxygens (including phenoxy) is 1. The highest BCUT2D eigenvalue weighted by molar-refractivity contribution is 5.71. The number of carbonyl (C=O) groups excluding carboxylic acids is 1. The van der Waals surface area contributed by atoms with Crippen LogP contribution in [0.2, 0.25) is 0 Å². The summed E-state index contributed by atoms with van der Waals surface area (Å²) in [6, 6.07) is 3.90. The summed E-state index contributed by atoms with van der Waals surface area (Å²) in [6.07, 6.45) is 20.4. The summed E-state index contributed by atoms with van der Waals surface area (Å²) < 4.78 is 10.9. The Hall–Kier alpha value is -1.25. The molecule has 0 saturated heterocycles. The maximum atomic E-state index is 11.6. The van der Waals surface area contributed by atoms with Crippen molar-refractivity contribution in [1.29, 1.82) is 0 Å². The van der Waals surface area contributed by atoms with Crippen molar-refractivity contribution in [2.24, 2.45) is 0 Å². The first-order valence-electron chi connectivity index (χ1n) is 11.9. The van der Waals surface area contributed by atoms with Gasteiger partial charge in [0.15, 0.2) is 0 Å². The SMILES string of the molecule is CCCCCCCCCCCCCCCCc1ccc(CC(=O)OC(C)C)o1. The molecule has 162 valence electrons. The van der Waals surface area contributed by atoms with Gasteiger partial charge in [-0.2, -0.15) is 0 Å². The summed E-state index contributed by atoms with van der Waals surface area (Å²) in [6.45, 7) is 6.00. The molecule has 0 radical (unpaired) electrons. The Bertz CT molecular complexity index is 490. The van der Waals surface area contributed by atoms with Crippen LogP contribution in [0.4, 0.5) is 0 Å². The fraction of sp³-hybridized carbons (Fsp3) is 0.800. The molecule has 0 unspecified atom stereocenters. The molecule has 0 atom stereocenters. The van der Waals surface area contributed by atoms with Gasteiger partial charge < -0.3 is 9.15 Å². The van der Waals surface area contributed by atoms with E-state index in [1.807, 2.05) is 26.0 Å². The summed E-state index contributed by atoms with van der Waals surface area (Å²) in [5.74, 6) is 1.49. The van der Waals surface area contributed by atoms with E-state index in [4.69, 9.17) is 9.15 Å². The number of rotatable bonds is 18. The second-order valence-electron chi connectivity index (χ2n) is 8.43. The minimum absolute atomic E-state index is 0.0718. The Labute approximate surface area is 173 Å². The predicted molar refractivity (Wildman–Crippen MR) is 118 cm³/mol. The third kappa shape index (κ3) is 13.8. The maximum Gasteiger partial charge on any atom is 0.313 e. The molecule has 0 amide bonds. The van der Waals surface area contributed by atoms with E-state index in [2.05, 4.69) is 6.92 Å². The molecule has 0 fully saturated rings. The molecule has 0 aliphatic heterocycles. The van der Waals surface area contributed by atoms with Crippen LogP contribution in [0.3, 0.4) is 0 Å². The maximum absolute atomic E-state index is 11.6. The van der Waals surface area contributed by atoms with Gasteiger partial charge in [0.05, 0.1) is 6.10 Å². The van der Waals surface area contributed by atoms with Crippen LogP contribution in [0.5, 0.6) is 0 Å². The molecule has 3 heteroatoms. The third-order valence-electron chi connectivity index (χ3n) is 5.18. The van der Waals surface area contributed by atoms with E-state index in [0.29, 0.717) is 5.76 Å². The third-order valence-corrected chi connectivity index (χ3v) is 5.18. The first-order valence-corrected chi connectivity index (χ1v) is 11.9. The Morgan fingerprint density at radius 1 is 0.786 bits per heavy atom. The molecule has 1 rings (SSSR count). The van der Waals surface area contributed by atoms with Crippen molar-refractivity contribution < 1.29 is 13.9 Å². The van der Waals surface area contributed by atoms with Gasteiger partial charge in [-0.25, -0.2) is 0 Å². The Morgan fingerprint density at radius 2 is 1.25 bits per heavy atom. The van der Waals surface area contributed by atoms with Gasteiger partial charge in [0, 0.05) is 6.42 Å². The molecule has 0 bridgehead atoms. The second kappa shape index (κ2) is 16.7. The highest BCUT2D eigenvalue weighted by Gasteiger charge is 2.10. The van der Waals surface area contributed by atoms with Crippen LogP contribution in [0.25, 0.3) is 0 Å². The van der Waals surface area contributed by atoms with Gasteiger partial charge in [-0.05, 0) is 32.4 Å². The van der Waals surface area contributed by atoms with Crippen LogP contribution in [-0.2, 0) is 22.4 Å². The molecular weight excluding hydrogens is 348 g/mol. The predicted octanol–water partition coefficient (Wildman–Crippen LogP) is 7.80. The molecule has 3 nitrogen and oxygen atoms in total. The lowest BCUT2D eigenvalue weighted by Gasteiger charge is -2.06. The number of esters is 1. The summed E-state index contributed by atoms with van der Waals surface area (Å²) in [4.78, 5) is 11.6. The number of carbonyl (C=O) groups is 1. The van der Waals surface area contributed by atoms with E-state index >= 15 is 0 Å². The van der Waals surface area contributed by atoms with E-state index in [9.17, 15) is 4.79 Å². The van der Waals surface area contributed by atoms with Crippen molar-refractivity contribution in [3.8, 4) is 0 Å². The van der Waals surface area contributed by atoms with Gasteiger partial charge in [-0.3, -0.25) is 4.79 Å². The highest BCUT2D eigenvalue weighted by Crippen LogP contribution is 2.15. The van der Waals surface area contributed by atoms with Crippen LogP contribution in [0.15, 0.2) is 16.5 Å². The molecule has 0 N–H and O–H groups in total. The minimum Gasteiger partial charge on any atom is -0.465 e. The standard InChI is InChI=1S/C25H44O3/c1-4-5-6-7-8-9-10-11-12-13-14-15-16-17-18-23-19-20-24(28-23)21-25(26)27-22(2)3/h19-20,22H,4-18,21H2,1-3H3. The quantitative estimate of drug-likeness (QED) is 0.189. The molecule has 28 heavy (non-hydrogen) atoms. The lowest BCUT2D eigenvalue weighted by Crippen LogP contribution is -2.13. The number of aryl methyl sites for hydroxylation is 1. The smallest absolute Gasteiger partial charge is 0.313 e. The molecule has 1 heterocycles. The molecule has 0 aliphatic carbocycles. The summed E-state index contributed by atoms with van der Waals surface area (Å²) in [5, 5.41) is 0. The molecule has 0 aromatic carbocycles. The Kier molecular flexibility index (Phi) is 14.8. The van der Waals surface area contributed by atoms with Crippen molar-refractivity contribution >= 4 is 5.97 Å². The van der Waals surface area contributed by atoms with Crippen molar-refractivity contribution in [3.05, 3.63) is 23.7 Å². The highest BCUT2D eigenvalue weighted by atomic mass is 16.5. The van der Waals surface area contributed by atoms with E-state index in [0.717, 1.165) is 12.2 Å². The van der Waals surface area contributed by atoms with Crippen LogP contribution in [0.1, 0.15) is 122 Å². The first kappa shape index (κ1) is 24.8. The van der Waals surface area contributed by atoms with Gasteiger partial charge in [0.2, 0.25) is 0 Å². The van der Waals surface area contributed by atoms with E-state index in [1.54, 1.807) is 0 Å². The molecule has 1 aromatic rings. The number of unbranched alkanes of at least 4 members (excludes halogenated alkanes) is 13. The largest absolute Gasteiger partial charge is 0.465 e. The zero-order chi connectivity index (χ0) is 20.5. The fourth-order valence-corrected chi connectivity index (χ4v) is 3.59.